The zero-order valence-corrected chi connectivity index (χ0v) is 21.2. The van der Waals surface area contributed by atoms with E-state index in [1.165, 1.54) is 29.2 Å². The zero-order valence-electron chi connectivity index (χ0n) is 20.4. The number of carbonyl (C=O) groups excluding carboxylic acids is 3. The third-order valence-electron chi connectivity index (χ3n) is 5.07. The van der Waals surface area contributed by atoms with E-state index in [-0.39, 0.29) is 5.91 Å². The van der Waals surface area contributed by atoms with Crippen LogP contribution in [0.1, 0.15) is 38.8 Å². The van der Waals surface area contributed by atoms with E-state index in [0.717, 1.165) is 11.1 Å². The number of aryl methyl sites for hydroxylation is 1. The van der Waals surface area contributed by atoms with Gasteiger partial charge >= 0.3 is 0 Å². The van der Waals surface area contributed by atoms with Crippen LogP contribution in [0.25, 0.3) is 0 Å². The molecule has 2 aromatic rings. The van der Waals surface area contributed by atoms with Gasteiger partial charge in [-0.3, -0.25) is 23.5 Å². The van der Waals surface area contributed by atoms with Crippen molar-refractivity contribution in [1.29, 1.82) is 0 Å². The lowest BCUT2D eigenvalue weighted by molar-refractivity contribution is -0.126. The van der Waals surface area contributed by atoms with Gasteiger partial charge in [-0.1, -0.05) is 12.1 Å². The van der Waals surface area contributed by atoms with Crippen molar-refractivity contribution in [3.63, 3.8) is 0 Å². The second-order valence-corrected chi connectivity index (χ2v) is 10.6. The van der Waals surface area contributed by atoms with Crippen molar-refractivity contribution in [3.8, 4) is 0 Å². The number of nitrogens with zero attached hydrogens (tertiary/aromatic N) is 1. The first kappa shape index (κ1) is 27.2. The van der Waals surface area contributed by atoms with Gasteiger partial charge in [0.25, 0.3) is 0 Å². The topological polar surface area (TPSA) is 95.6 Å². The number of nitrogens with one attached hydrogen (secondary N) is 2. The van der Waals surface area contributed by atoms with Crippen molar-refractivity contribution in [2.75, 3.05) is 21.7 Å². The predicted octanol–water partition coefficient (Wildman–Crippen LogP) is 3.47. The molecule has 0 saturated carbocycles. The Hall–Kier alpha value is -3.07. The lowest BCUT2D eigenvalue weighted by Crippen LogP contribution is -2.54. The minimum absolute atomic E-state index is 0.346. The van der Waals surface area contributed by atoms with Crippen LogP contribution in [0, 0.1) is 19.7 Å². The molecule has 0 aliphatic rings. The Morgan fingerprint density at radius 1 is 1.03 bits per heavy atom. The molecule has 0 aliphatic carbocycles. The van der Waals surface area contributed by atoms with Gasteiger partial charge in [-0.25, -0.2) is 4.39 Å². The Bertz CT molecular complexity index is 1080. The fraction of sp³-hybridized carbons (Fsp3) is 0.400. The molecule has 7 nitrogen and oxygen atoms in total. The van der Waals surface area contributed by atoms with Gasteiger partial charge < -0.3 is 10.6 Å². The lowest BCUT2D eigenvalue weighted by atomic mass is 10.0. The van der Waals surface area contributed by atoms with Crippen molar-refractivity contribution in [3.05, 3.63) is 59.4 Å². The molecule has 0 radical (unpaired) electrons. The van der Waals surface area contributed by atoms with E-state index in [0.29, 0.717) is 11.4 Å². The highest BCUT2D eigenvalue weighted by Gasteiger charge is 2.31. The van der Waals surface area contributed by atoms with Crippen molar-refractivity contribution in [2.24, 2.45) is 0 Å². The molecule has 34 heavy (non-hydrogen) atoms. The Kier molecular flexibility index (Phi) is 9.09. The molecular formula is C25H32FN3O4S. The molecule has 2 aromatic carbocycles. The minimum Gasteiger partial charge on any atom is -0.350 e. The van der Waals surface area contributed by atoms with E-state index in [1.54, 1.807) is 19.1 Å². The van der Waals surface area contributed by atoms with Gasteiger partial charge in [-0.15, -0.1) is 0 Å². The zero-order chi connectivity index (χ0) is 25.6. The number of carbonyl (C=O) groups is 3. The standard InChI is InChI=1S/C25H32FN3O4S/c1-16-8-7-9-21(17(16)2)29(18(3)24(32)28-25(4,5)6)23(31)15-34(33)14-22(30)27-20-12-10-19(26)11-13-20/h7-13,18H,14-15H2,1-6H3,(H,27,30)(H,28,32)/t18-,34+/m1/s1. The Balaban J connectivity index is 2.19. The SMILES string of the molecule is Cc1cccc(N(C(=O)C[S@@](=O)CC(=O)Nc2ccc(F)cc2)[C@H](C)C(=O)NC(C)(C)C)c1C. The van der Waals surface area contributed by atoms with Crippen molar-refractivity contribution < 1.29 is 23.0 Å². The number of anilines is 2. The maximum atomic E-state index is 13.3. The summed E-state index contributed by atoms with van der Waals surface area (Å²) in [7, 11) is -1.82. The Labute approximate surface area is 202 Å². The van der Waals surface area contributed by atoms with E-state index in [9.17, 15) is 23.0 Å². The van der Waals surface area contributed by atoms with E-state index in [4.69, 9.17) is 0 Å². The highest BCUT2D eigenvalue weighted by molar-refractivity contribution is 7.86. The van der Waals surface area contributed by atoms with Gasteiger partial charge in [0.1, 0.15) is 23.4 Å². The largest absolute Gasteiger partial charge is 0.350 e. The molecule has 2 rings (SSSR count). The Morgan fingerprint density at radius 2 is 1.65 bits per heavy atom. The number of benzene rings is 2. The van der Waals surface area contributed by atoms with Crippen LogP contribution < -0.4 is 15.5 Å². The van der Waals surface area contributed by atoms with Crippen LogP contribution >= 0.6 is 0 Å². The van der Waals surface area contributed by atoms with Crippen LogP contribution in [0.3, 0.4) is 0 Å². The van der Waals surface area contributed by atoms with Crippen molar-refractivity contribution >= 4 is 39.9 Å². The molecule has 2 N–H and O–H groups in total. The van der Waals surface area contributed by atoms with Gasteiger partial charge in [0, 0.05) is 27.7 Å². The number of rotatable bonds is 8. The van der Waals surface area contributed by atoms with Crippen LogP contribution in [-0.2, 0) is 25.2 Å². The number of halogens is 1. The molecule has 9 heteroatoms. The normalized spacial score (nSPS) is 13.0. The third kappa shape index (κ3) is 7.76. The summed E-state index contributed by atoms with van der Waals surface area (Å²) in [6.45, 7) is 10.9. The third-order valence-corrected chi connectivity index (χ3v) is 6.23. The molecule has 0 spiro atoms. The van der Waals surface area contributed by atoms with E-state index in [1.807, 2.05) is 40.7 Å². The number of amides is 3. The molecular weight excluding hydrogens is 457 g/mol. The summed E-state index contributed by atoms with van der Waals surface area (Å²) >= 11 is 0. The summed E-state index contributed by atoms with van der Waals surface area (Å²) in [5.74, 6) is -2.72. The first-order valence-corrected chi connectivity index (χ1v) is 12.4. The maximum Gasteiger partial charge on any atom is 0.243 e. The second kappa shape index (κ2) is 11.4. The summed E-state index contributed by atoms with van der Waals surface area (Å²) < 4.78 is 25.7. The van der Waals surface area contributed by atoms with E-state index >= 15 is 0 Å². The van der Waals surface area contributed by atoms with Gasteiger partial charge in [0.2, 0.25) is 17.7 Å². The fourth-order valence-electron chi connectivity index (χ4n) is 3.28. The molecule has 0 fully saturated rings. The average molecular weight is 490 g/mol. The van der Waals surface area contributed by atoms with Gasteiger partial charge in [-0.2, -0.15) is 0 Å². The molecule has 0 heterocycles. The fourth-order valence-corrected chi connectivity index (χ4v) is 4.16. The van der Waals surface area contributed by atoms with E-state index < -0.39 is 51.5 Å². The summed E-state index contributed by atoms with van der Waals surface area (Å²) in [5.41, 5.74) is 2.18. The molecule has 3 amide bonds. The van der Waals surface area contributed by atoms with Gasteiger partial charge in [0.15, 0.2) is 0 Å². The summed E-state index contributed by atoms with van der Waals surface area (Å²) in [6, 6.07) is 9.74. The Morgan fingerprint density at radius 3 is 2.24 bits per heavy atom. The van der Waals surface area contributed by atoms with Crippen LogP contribution in [0.5, 0.6) is 0 Å². The molecule has 0 saturated heterocycles. The van der Waals surface area contributed by atoms with Crippen LogP contribution in [-0.4, -0.2) is 45.0 Å². The average Bonchev–Trinajstić information content (AvgIpc) is 2.71. The quantitative estimate of drug-likeness (QED) is 0.594. The van der Waals surface area contributed by atoms with Crippen molar-refractivity contribution in [1.82, 2.24) is 5.32 Å². The molecule has 0 aromatic heterocycles. The van der Waals surface area contributed by atoms with Gasteiger partial charge in [0.05, 0.1) is 0 Å². The number of hydrogen-bond donors (Lipinski definition) is 2. The summed E-state index contributed by atoms with van der Waals surface area (Å²) in [5, 5.41) is 5.41. The smallest absolute Gasteiger partial charge is 0.243 e. The molecule has 0 bridgehead atoms. The molecule has 0 unspecified atom stereocenters. The van der Waals surface area contributed by atoms with Crippen LogP contribution in [0.2, 0.25) is 0 Å². The molecule has 2 atom stereocenters. The molecule has 0 aliphatic heterocycles. The highest BCUT2D eigenvalue weighted by Crippen LogP contribution is 2.25. The number of hydrogen-bond acceptors (Lipinski definition) is 4. The predicted molar refractivity (Wildman–Crippen MR) is 134 cm³/mol. The first-order valence-electron chi connectivity index (χ1n) is 10.9. The van der Waals surface area contributed by atoms with E-state index in [2.05, 4.69) is 10.6 Å². The lowest BCUT2D eigenvalue weighted by Gasteiger charge is -2.32. The maximum absolute atomic E-state index is 13.3. The first-order chi connectivity index (χ1) is 15.8. The summed E-state index contributed by atoms with van der Waals surface area (Å²) in [4.78, 5) is 39.8. The molecule has 184 valence electrons. The summed E-state index contributed by atoms with van der Waals surface area (Å²) in [6.07, 6.45) is 0. The van der Waals surface area contributed by atoms with Crippen LogP contribution in [0.4, 0.5) is 15.8 Å². The van der Waals surface area contributed by atoms with Gasteiger partial charge in [-0.05, 0) is 83.0 Å². The van der Waals surface area contributed by atoms with Crippen molar-refractivity contribution in [2.45, 2.75) is 53.1 Å². The highest BCUT2D eigenvalue weighted by atomic mass is 32.2. The monoisotopic (exact) mass is 489 g/mol. The minimum atomic E-state index is -1.82. The van der Waals surface area contributed by atoms with Crippen LogP contribution in [0.15, 0.2) is 42.5 Å². The second-order valence-electron chi connectivity index (χ2n) is 9.18.